The number of likely N-dealkylation sites (tertiary alicyclic amines) is 1. The number of hydrogen-bond acceptors (Lipinski definition) is 3. The van der Waals surface area contributed by atoms with E-state index in [1.54, 1.807) is 0 Å². The van der Waals surface area contributed by atoms with Crippen LogP contribution in [-0.4, -0.2) is 38.1 Å². The summed E-state index contributed by atoms with van der Waals surface area (Å²) < 4.78 is 5.94. The summed E-state index contributed by atoms with van der Waals surface area (Å²) in [6.45, 7) is 1.68. The summed E-state index contributed by atoms with van der Waals surface area (Å²) in [7, 11) is 3.49. The average molecular weight is 298 g/mol. The van der Waals surface area contributed by atoms with Crippen LogP contribution in [0.4, 0.5) is 0 Å². The van der Waals surface area contributed by atoms with Crippen LogP contribution in [0.15, 0.2) is 28.7 Å². The normalized spacial score (nSPS) is 24.9. The molecule has 0 N–H and O–H groups in total. The molecule has 2 unspecified atom stereocenters. The van der Waals surface area contributed by atoms with Crippen LogP contribution in [0, 0.1) is 5.92 Å². The van der Waals surface area contributed by atoms with Crippen molar-refractivity contribution in [2.45, 2.75) is 5.92 Å². The van der Waals surface area contributed by atoms with Crippen molar-refractivity contribution in [3.63, 3.8) is 0 Å². The molecule has 17 heavy (non-hydrogen) atoms. The lowest BCUT2D eigenvalue weighted by molar-refractivity contribution is -0.145. The van der Waals surface area contributed by atoms with Gasteiger partial charge in [-0.15, -0.1) is 0 Å². The standard InChI is InChI=1S/C13H16BrNO2/c1-15-7-11(12(8-15)13(16)17-2)9-3-5-10(14)6-4-9/h3-6,11-12H,7-8H2,1-2H3. The lowest BCUT2D eigenvalue weighted by Gasteiger charge is -2.16. The van der Waals surface area contributed by atoms with E-state index in [4.69, 9.17) is 4.74 Å². The second-order valence-corrected chi connectivity index (χ2v) is 5.42. The number of benzene rings is 1. The van der Waals surface area contributed by atoms with Gasteiger partial charge in [-0.25, -0.2) is 0 Å². The second-order valence-electron chi connectivity index (χ2n) is 4.51. The fraction of sp³-hybridized carbons (Fsp3) is 0.462. The number of carbonyl (C=O) groups excluding carboxylic acids is 1. The average Bonchev–Trinajstić information content (AvgIpc) is 2.71. The molecule has 0 radical (unpaired) electrons. The van der Waals surface area contributed by atoms with Gasteiger partial charge in [0, 0.05) is 23.5 Å². The maximum absolute atomic E-state index is 11.8. The zero-order chi connectivity index (χ0) is 12.4. The SMILES string of the molecule is COC(=O)C1CN(C)CC1c1ccc(Br)cc1. The van der Waals surface area contributed by atoms with Gasteiger partial charge in [-0.2, -0.15) is 0 Å². The Morgan fingerprint density at radius 1 is 1.35 bits per heavy atom. The first-order valence-corrected chi connectivity index (χ1v) is 6.43. The van der Waals surface area contributed by atoms with E-state index in [0.717, 1.165) is 17.6 Å². The summed E-state index contributed by atoms with van der Waals surface area (Å²) in [5.74, 6) is 0.0778. The van der Waals surface area contributed by atoms with Crippen molar-refractivity contribution < 1.29 is 9.53 Å². The van der Waals surface area contributed by atoms with Crippen molar-refractivity contribution in [3.8, 4) is 0 Å². The summed E-state index contributed by atoms with van der Waals surface area (Å²) in [6.07, 6.45) is 0. The Kier molecular flexibility index (Phi) is 3.84. The van der Waals surface area contributed by atoms with Crippen molar-refractivity contribution >= 4 is 21.9 Å². The highest BCUT2D eigenvalue weighted by molar-refractivity contribution is 9.10. The first-order valence-electron chi connectivity index (χ1n) is 5.63. The minimum absolute atomic E-state index is 0.0498. The van der Waals surface area contributed by atoms with Crippen molar-refractivity contribution in [1.82, 2.24) is 4.90 Å². The number of likely N-dealkylation sites (N-methyl/N-ethyl adjacent to an activating group) is 1. The van der Waals surface area contributed by atoms with E-state index in [0.29, 0.717) is 0 Å². The molecule has 0 amide bonds. The molecule has 1 aromatic carbocycles. The third-order valence-electron chi connectivity index (χ3n) is 3.30. The maximum atomic E-state index is 11.8. The van der Waals surface area contributed by atoms with E-state index in [1.165, 1.54) is 12.7 Å². The summed E-state index contributed by atoms with van der Waals surface area (Å²) in [6, 6.07) is 8.18. The molecule has 1 aliphatic rings. The van der Waals surface area contributed by atoms with Gasteiger partial charge in [0.05, 0.1) is 13.0 Å². The van der Waals surface area contributed by atoms with E-state index in [1.807, 2.05) is 19.2 Å². The fourth-order valence-electron chi connectivity index (χ4n) is 2.44. The van der Waals surface area contributed by atoms with Crippen molar-refractivity contribution in [2.75, 3.05) is 27.2 Å². The number of ether oxygens (including phenoxy) is 1. The molecular weight excluding hydrogens is 282 g/mol. The first-order chi connectivity index (χ1) is 8.11. The smallest absolute Gasteiger partial charge is 0.310 e. The third-order valence-corrected chi connectivity index (χ3v) is 3.83. The second kappa shape index (κ2) is 5.19. The molecule has 0 spiro atoms. The third kappa shape index (κ3) is 2.69. The van der Waals surface area contributed by atoms with Gasteiger partial charge in [0.2, 0.25) is 0 Å². The Morgan fingerprint density at radius 2 is 2.00 bits per heavy atom. The van der Waals surface area contributed by atoms with Crippen LogP contribution in [0.3, 0.4) is 0 Å². The molecule has 1 aromatic rings. The van der Waals surface area contributed by atoms with Gasteiger partial charge in [-0.05, 0) is 24.7 Å². The molecule has 3 nitrogen and oxygen atoms in total. The van der Waals surface area contributed by atoms with E-state index in [-0.39, 0.29) is 17.8 Å². The van der Waals surface area contributed by atoms with E-state index in [9.17, 15) is 4.79 Å². The number of methoxy groups -OCH3 is 1. The van der Waals surface area contributed by atoms with Crippen molar-refractivity contribution in [3.05, 3.63) is 34.3 Å². The molecule has 1 fully saturated rings. The van der Waals surface area contributed by atoms with Gasteiger partial charge in [-0.1, -0.05) is 28.1 Å². The molecule has 2 rings (SSSR count). The van der Waals surface area contributed by atoms with Crippen LogP contribution in [0.25, 0.3) is 0 Å². The fourth-order valence-corrected chi connectivity index (χ4v) is 2.70. The molecule has 0 saturated carbocycles. The molecule has 92 valence electrons. The number of esters is 1. The van der Waals surface area contributed by atoms with Gasteiger partial charge < -0.3 is 9.64 Å². The predicted octanol–water partition coefficient (Wildman–Crippen LogP) is 2.27. The molecule has 2 atom stereocenters. The number of hydrogen-bond donors (Lipinski definition) is 0. The topological polar surface area (TPSA) is 29.5 Å². The lowest BCUT2D eigenvalue weighted by atomic mass is 9.89. The van der Waals surface area contributed by atoms with E-state index in [2.05, 4.69) is 33.0 Å². The monoisotopic (exact) mass is 297 g/mol. The summed E-state index contributed by atoms with van der Waals surface area (Å²) in [4.78, 5) is 13.9. The zero-order valence-corrected chi connectivity index (χ0v) is 11.6. The van der Waals surface area contributed by atoms with Crippen LogP contribution >= 0.6 is 15.9 Å². The predicted molar refractivity (Wildman–Crippen MR) is 69.9 cm³/mol. The highest BCUT2D eigenvalue weighted by atomic mass is 79.9. The first kappa shape index (κ1) is 12.6. The zero-order valence-electron chi connectivity index (χ0n) is 10.0. The van der Waals surface area contributed by atoms with Crippen LogP contribution in [0.1, 0.15) is 11.5 Å². The quantitative estimate of drug-likeness (QED) is 0.785. The highest BCUT2D eigenvalue weighted by Gasteiger charge is 2.37. The number of carbonyl (C=O) groups is 1. The van der Waals surface area contributed by atoms with Crippen LogP contribution in [0.2, 0.25) is 0 Å². The van der Waals surface area contributed by atoms with E-state index >= 15 is 0 Å². The van der Waals surface area contributed by atoms with Gasteiger partial charge in [0.15, 0.2) is 0 Å². The molecule has 1 aliphatic heterocycles. The summed E-state index contributed by atoms with van der Waals surface area (Å²) >= 11 is 3.42. The minimum atomic E-state index is -0.109. The van der Waals surface area contributed by atoms with Gasteiger partial charge in [-0.3, -0.25) is 4.79 Å². The molecule has 0 bridgehead atoms. The molecule has 1 heterocycles. The number of nitrogens with zero attached hydrogens (tertiary/aromatic N) is 1. The van der Waals surface area contributed by atoms with Crippen LogP contribution < -0.4 is 0 Å². The van der Waals surface area contributed by atoms with Gasteiger partial charge in [0.1, 0.15) is 0 Å². The van der Waals surface area contributed by atoms with Gasteiger partial charge in [0.25, 0.3) is 0 Å². The van der Waals surface area contributed by atoms with E-state index < -0.39 is 0 Å². The van der Waals surface area contributed by atoms with Crippen molar-refractivity contribution in [2.24, 2.45) is 5.92 Å². The number of rotatable bonds is 2. The lowest BCUT2D eigenvalue weighted by Crippen LogP contribution is -2.23. The molecule has 0 aromatic heterocycles. The molecule has 1 saturated heterocycles. The Balaban J connectivity index is 2.23. The molecular formula is C13H16BrNO2. The number of halogens is 1. The van der Waals surface area contributed by atoms with Crippen LogP contribution in [0.5, 0.6) is 0 Å². The maximum Gasteiger partial charge on any atom is 0.310 e. The molecule has 4 heteroatoms. The summed E-state index contributed by atoms with van der Waals surface area (Å²) in [5.41, 5.74) is 1.20. The Hall–Kier alpha value is -0.870. The Labute approximate surface area is 110 Å². The van der Waals surface area contributed by atoms with Gasteiger partial charge >= 0.3 is 5.97 Å². The van der Waals surface area contributed by atoms with Crippen molar-refractivity contribution in [1.29, 1.82) is 0 Å². The largest absolute Gasteiger partial charge is 0.469 e. The minimum Gasteiger partial charge on any atom is -0.469 e. The molecule has 0 aliphatic carbocycles. The summed E-state index contributed by atoms with van der Waals surface area (Å²) in [5, 5.41) is 0. The Bertz CT molecular complexity index is 404. The highest BCUT2D eigenvalue weighted by Crippen LogP contribution is 2.33. The van der Waals surface area contributed by atoms with Crippen LogP contribution in [-0.2, 0) is 9.53 Å². The Morgan fingerprint density at radius 3 is 2.59 bits per heavy atom.